The Bertz CT molecular complexity index is 664. The first kappa shape index (κ1) is 14.1. The van der Waals surface area contributed by atoms with E-state index in [1.807, 2.05) is 12.1 Å². The summed E-state index contributed by atoms with van der Waals surface area (Å²) in [5.41, 5.74) is -0.00402. The van der Waals surface area contributed by atoms with Gasteiger partial charge in [-0.2, -0.15) is 4.98 Å². The number of carbonyl (C=O) groups is 1. The van der Waals surface area contributed by atoms with Crippen molar-refractivity contribution in [2.24, 2.45) is 0 Å². The lowest BCUT2D eigenvalue weighted by atomic mass is 9.68. The molecule has 0 saturated heterocycles. The van der Waals surface area contributed by atoms with Crippen LogP contribution < -0.4 is 0 Å². The molecule has 0 N–H and O–H groups in total. The van der Waals surface area contributed by atoms with Crippen molar-refractivity contribution in [3.05, 3.63) is 35.2 Å². The zero-order chi connectivity index (χ0) is 14.9. The minimum Gasteiger partial charge on any atom is -0.465 e. The molecule has 21 heavy (non-hydrogen) atoms. The van der Waals surface area contributed by atoms with Crippen molar-refractivity contribution in [1.29, 1.82) is 0 Å². The molecule has 3 rings (SSSR count). The Morgan fingerprint density at radius 2 is 2.29 bits per heavy atom. The summed E-state index contributed by atoms with van der Waals surface area (Å²) < 4.78 is 10.5. The molecule has 0 atom stereocenters. The Hall–Kier alpha value is -1.88. The summed E-state index contributed by atoms with van der Waals surface area (Å²) in [5, 5.41) is 4.57. The van der Waals surface area contributed by atoms with Crippen LogP contribution in [0.2, 0.25) is 5.02 Å². The number of halogens is 1. The molecular weight excluding hydrogens is 292 g/mol. The third-order valence-electron chi connectivity index (χ3n) is 3.79. The summed E-state index contributed by atoms with van der Waals surface area (Å²) in [6.07, 6.45) is 2.32. The second-order valence-electron chi connectivity index (χ2n) is 5.09. The van der Waals surface area contributed by atoms with Crippen LogP contribution in [0.15, 0.2) is 28.8 Å². The summed E-state index contributed by atoms with van der Waals surface area (Å²) in [7, 11) is 0. The molecule has 0 unspecified atom stereocenters. The predicted octanol–water partition coefficient (Wildman–Crippen LogP) is 3.37. The van der Waals surface area contributed by atoms with Crippen molar-refractivity contribution in [1.82, 2.24) is 10.1 Å². The van der Waals surface area contributed by atoms with Gasteiger partial charge in [0.1, 0.15) is 5.41 Å². The second-order valence-corrected chi connectivity index (χ2v) is 5.53. The van der Waals surface area contributed by atoms with Crippen LogP contribution in [0, 0.1) is 0 Å². The standard InChI is InChI=1S/C15H15ClN2O3/c1-2-20-14(19)15(7-4-8-15)13-17-12(18-21-13)10-5-3-6-11(16)9-10/h3,5-6,9H,2,4,7-8H2,1H3. The fourth-order valence-electron chi connectivity index (χ4n) is 2.47. The van der Waals surface area contributed by atoms with Crippen LogP contribution in [0.25, 0.3) is 11.4 Å². The summed E-state index contributed by atoms with van der Waals surface area (Å²) in [4.78, 5) is 16.6. The van der Waals surface area contributed by atoms with Gasteiger partial charge in [0.25, 0.3) is 0 Å². The van der Waals surface area contributed by atoms with E-state index in [9.17, 15) is 4.79 Å². The van der Waals surface area contributed by atoms with Gasteiger partial charge in [-0.25, -0.2) is 0 Å². The van der Waals surface area contributed by atoms with Crippen molar-refractivity contribution >= 4 is 17.6 Å². The first-order valence-corrected chi connectivity index (χ1v) is 7.31. The normalized spacial score (nSPS) is 16.3. The molecule has 1 heterocycles. The molecular formula is C15H15ClN2O3. The lowest BCUT2D eigenvalue weighted by Gasteiger charge is -2.35. The molecule has 1 aromatic carbocycles. The Kier molecular flexibility index (Phi) is 3.68. The lowest BCUT2D eigenvalue weighted by Crippen LogP contribution is -2.44. The number of hydrogen-bond acceptors (Lipinski definition) is 5. The average Bonchev–Trinajstić information content (AvgIpc) is 2.88. The van der Waals surface area contributed by atoms with Crippen LogP contribution in [-0.4, -0.2) is 22.7 Å². The third kappa shape index (κ3) is 2.42. The molecule has 6 heteroatoms. The molecule has 2 aromatic rings. The quantitative estimate of drug-likeness (QED) is 0.810. The Labute approximate surface area is 127 Å². The average molecular weight is 307 g/mol. The highest BCUT2D eigenvalue weighted by molar-refractivity contribution is 6.30. The van der Waals surface area contributed by atoms with Crippen molar-refractivity contribution in [3.8, 4) is 11.4 Å². The smallest absolute Gasteiger partial charge is 0.321 e. The van der Waals surface area contributed by atoms with Gasteiger partial charge in [-0.3, -0.25) is 4.79 Å². The number of nitrogens with zero attached hydrogens (tertiary/aromatic N) is 2. The van der Waals surface area contributed by atoms with Gasteiger partial charge in [0.2, 0.25) is 11.7 Å². The molecule has 1 aromatic heterocycles. The molecule has 1 aliphatic rings. The van der Waals surface area contributed by atoms with Crippen LogP contribution >= 0.6 is 11.6 Å². The highest BCUT2D eigenvalue weighted by atomic mass is 35.5. The van der Waals surface area contributed by atoms with Crippen LogP contribution in [0.1, 0.15) is 32.1 Å². The second kappa shape index (κ2) is 5.48. The van der Waals surface area contributed by atoms with Crippen molar-refractivity contribution < 1.29 is 14.1 Å². The SMILES string of the molecule is CCOC(=O)C1(c2nc(-c3cccc(Cl)c3)no2)CCC1. The molecule has 110 valence electrons. The number of benzene rings is 1. The van der Waals surface area contributed by atoms with Crippen molar-refractivity contribution in [3.63, 3.8) is 0 Å². The monoisotopic (exact) mass is 306 g/mol. The van der Waals surface area contributed by atoms with E-state index in [-0.39, 0.29) is 5.97 Å². The van der Waals surface area contributed by atoms with Crippen LogP contribution in [0.4, 0.5) is 0 Å². The van der Waals surface area contributed by atoms with Crippen molar-refractivity contribution in [2.45, 2.75) is 31.6 Å². The zero-order valence-electron chi connectivity index (χ0n) is 11.6. The van der Waals surface area contributed by atoms with E-state index in [0.717, 1.165) is 12.0 Å². The van der Waals surface area contributed by atoms with Gasteiger partial charge in [0.05, 0.1) is 6.61 Å². The molecule has 0 radical (unpaired) electrons. The summed E-state index contributed by atoms with van der Waals surface area (Å²) in [6, 6.07) is 7.20. The molecule has 0 bridgehead atoms. The number of rotatable bonds is 4. The molecule has 0 aliphatic heterocycles. The number of carbonyl (C=O) groups excluding carboxylic acids is 1. The predicted molar refractivity (Wildman–Crippen MR) is 76.9 cm³/mol. The minimum atomic E-state index is -0.764. The lowest BCUT2D eigenvalue weighted by molar-refractivity contribution is -0.155. The van der Waals surface area contributed by atoms with E-state index in [2.05, 4.69) is 10.1 Å². The molecule has 1 fully saturated rings. The number of esters is 1. The van der Waals surface area contributed by atoms with E-state index in [0.29, 0.717) is 36.2 Å². The van der Waals surface area contributed by atoms with Gasteiger partial charge in [0, 0.05) is 10.6 Å². The Morgan fingerprint density at radius 3 is 2.90 bits per heavy atom. The molecule has 0 spiro atoms. The van der Waals surface area contributed by atoms with Gasteiger partial charge < -0.3 is 9.26 Å². The van der Waals surface area contributed by atoms with E-state index >= 15 is 0 Å². The summed E-state index contributed by atoms with van der Waals surface area (Å²) in [5.74, 6) is 0.489. The number of aromatic nitrogens is 2. The highest BCUT2D eigenvalue weighted by Gasteiger charge is 2.51. The summed E-state index contributed by atoms with van der Waals surface area (Å²) >= 11 is 5.96. The van der Waals surface area contributed by atoms with E-state index in [1.165, 1.54) is 0 Å². The first-order chi connectivity index (χ1) is 10.2. The summed E-state index contributed by atoms with van der Waals surface area (Å²) in [6.45, 7) is 2.13. The first-order valence-electron chi connectivity index (χ1n) is 6.93. The topological polar surface area (TPSA) is 65.2 Å². The third-order valence-corrected chi connectivity index (χ3v) is 4.03. The molecule has 1 saturated carbocycles. The van der Waals surface area contributed by atoms with Gasteiger partial charge in [-0.15, -0.1) is 0 Å². The van der Waals surface area contributed by atoms with E-state index in [1.54, 1.807) is 19.1 Å². The highest BCUT2D eigenvalue weighted by Crippen LogP contribution is 2.44. The molecule has 0 amide bonds. The van der Waals surface area contributed by atoms with E-state index in [4.69, 9.17) is 20.9 Å². The molecule has 5 nitrogen and oxygen atoms in total. The largest absolute Gasteiger partial charge is 0.465 e. The number of ether oxygens (including phenoxy) is 1. The fourth-order valence-corrected chi connectivity index (χ4v) is 2.66. The Morgan fingerprint density at radius 1 is 1.48 bits per heavy atom. The maximum absolute atomic E-state index is 12.2. The van der Waals surface area contributed by atoms with E-state index < -0.39 is 5.41 Å². The maximum Gasteiger partial charge on any atom is 0.321 e. The van der Waals surface area contributed by atoms with Gasteiger partial charge in [0.15, 0.2) is 0 Å². The Balaban J connectivity index is 1.92. The van der Waals surface area contributed by atoms with Gasteiger partial charge in [-0.05, 0) is 31.9 Å². The van der Waals surface area contributed by atoms with Crippen LogP contribution in [0.5, 0.6) is 0 Å². The van der Waals surface area contributed by atoms with Gasteiger partial charge in [-0.1, -0.05) is 35.3 Å². The minimum absolute atomic E-state index is 0.280. The van der Waals surface area contributed by atoms with Crippen LogP contribution in [0.3, 0.4) is 0 Å². The van der Waals surface area contributed by atoms with Crippen molar-refractivity contribution in [2.75, 3.05) is 6.61 Å². The van der Waals surface area contributed by atoms with Gasteiger partial charge >= 0.3 is 5.97 Å². The molecule has 1 aliphatic carbocycles. The fraction of sp³-hybridized carbons (Fsp3) is 0.400. The number of hydrogen-bond donors (Lipinski definition) is 0. The maximum atomic E-state index is 12.2. The zero-order valence-corrected chi connectivity index (χ0v) is 12.4. The van der Waals surface area contributed by atoms with Crippen LogP contribution in [-0.2, 0) is 14.9 Å².